The van der Waals surface area contributed by atoms with Crippen molar-refractivity contribution in [3.05, 3.63) is 77.9 Å². The number of fused-ring (bicyclic) bond motifs is 1. The van der Waals surface area contributed by atoms with Crippen LogP contribution in [0.15, 0.2) is 66.7 Å². The van der Waals surface area contributed by atoms with Gasteiger partial charge in [-0.1, -0.05) is 48.5 Å². The van der Waals surface area contributed by atoms with Crippen LogP contribution in [-0.4, -0.2) is 53.2 Å². The highest BCUT2D eigenvalue weighted by Gasteiger charge is 2.49. The second kappa shape index (κ2) is 10.2. The summed E-state index contributed by atoms with van der Waals surface area (Å²) in [7, 11) is 0. The number of hydrogen-bond donors (Lipinski definition) is 2. The fourth-order valence-corrected chi connectivity index (χ4v) is 4.35. The summed E-state index contributed by atoms with van der Waals surface area (Å²) in [4.78, 5) is 53.3. The number of para-hydroxylation sites is 1. The van der Waals surface area contributed by atoms with Crippen LogP contribution in [0.5, 0.6) is 0 Å². The molecule has 1 fully saturated rings. The molecule has 0 aliphatic carbocycles. The molecule has 198 valence electrons. The highest BCUT2D eigenvalue weighted by molar-refractivity contribution is 6.09. The maximum absolute atomic E-state index is 13.3. The lowest BCUT2D eigenvalue weighted by Gasteiger charge is -2.25. The summed E-state index contributed by atoms with van der Waals surface area (Å²) in [6, 6.07) is 16.6. The summed E-state index contributed by atoms with van der Waals surface area (Å²) in [5.74, 6) is -2.20. The molecule has 1 heterocycles. The topological polar surface area (TPSA) is 98.8 Å². The van der Waals surface area contributed by atoms with Gasteiger partial charge in [0.1, 0.15) is 12.1 Å². The molecule has 1 atom stereocenters. The summed E-state index contributed by atoms with van der Waals surface area (Å²) >= 11 is 0. The van der Waals surface area contributed by atoms with Gasteiger partial charge in [-0.15, -0.1) is 0 Å². The van der Waals surface area contributed by atoms with E-state index < -0.39 is 59.8 Å². The lowest BCUT2D eigenvalue weighted by atomic mass is 9.90. The highest BCUT2D eigenvalue weighted by atomic mass is 19.4. The van der Waals surface area contributed by atoms with Gasteiger partial charge in [-0.3, -0.25) is 19.3 Å². The van der Waals surface area contributed by atoms with E-state index in [9.17, 15) is 32.3 Å². The summed E-state index contributed by atoms with van der Waals surface area (Å²) in [5, 5.41) is 6.66. The molecule has 2 N–H and O–H groups in total. The standard InChI is InChI=1S/C27H25F3N4O4/c1-3-33(15-22(35)31-21-11-7-6-10-20(21)27(28,29)30)23(36)16-34-24(37)26(2,32-25(34)38)19-13-12-17-8-4-5-9-18(17)14-19/h4-14H,3,15-16H2,1-2H3,(H,31,35)(H,32,38)/t26-/m1/s1. The number of hydrogen-bond acceptors (Lipinski definition) is 4. The van der Waals surface area contributed by atoms with Crippen LogP contribution in [0.1, 0.15) is 25.0 Å². The minimum Gasteiger partial charge on any atom is -0.332 e. The largest absolute Gasteiger partial charge is 0.418 e. The van der Waals surface area contributed by atoms with Crippen LogP contribution in [0, 0.1) is 0 Å². The first-order chi connectivity index (χ1) is 17.9. The first-order valence-electron chi connectivity index (χ1n) is 11.8. The predicted molar refractivity (Wildman–Crippen MR) is 134 cm³/mol. The minimum absolute atomic E-state index is 0.0266. The summed E-state index contributed by atoms with van der Waals surface area (Å²) in [5.41, 5.74) is -2.32. The third kappa shape index (κ3) is 5.17. The molecule has 0 saturated carbocycles. The minimum atomic E-state index is -4.68. The van der Waals surface area contributed by atoms with Gasteiger partial charge in [-0.25, -0.2) is 4.79 Å². The average Bonchev–Trinajstić information content (AvgIpc) is 3.10. The molecule has 4 rings (SSSR count). The van der Waals surface area contributed by atoms with Crippen LogP contribution in [0.3, 0.4) is 0 Å². The van der Waals surface area contributed by atoms with Gasteiger partial charge < -0.3 is 15.5 Å². The molecule has 3 aromatic rings. The molecule has 38 heavy (non-hydrogen) atoms. The predicted octanol–water partition coefficient (Wildman–Crippen LogP) is 4.11. The number of urea groups is 1. The summed E-state index contributed by atoms with van der Waals surface area (Å²) < 4.78 is 39.7. The molecule has 3 aromatic carbocycles. The van der Waals surface area contributed by atoms with Gasteiger partial charge in [0, 0.05) is 6.54 Å². The quantitative estimate of drug-likeness (QED) is 0.453. The molecule has 5 amide bonds. The number of benzene rings is 3. The van der Waals surface area contributed by atoms with Crippen molar-refractivity contribution in [1.82, 2.24) is 15.1 Å². The van der Waals surface area contributed by atoms with Gasteiger partial charge in [0.05, 0.1) is 17.8 Å². The van der Waals surface area contributed by atoms with Crippen LogP contribution in [-0.2, 0) is 26.1 Å². The SMILES string of the molecule is CCN(CC(=O)Nc1ccccc1C(F)(F)F)C(=O)CN1C(=O)N[C@](C)(c2ccc3ccccc3c2)C1=O. The van der Waals surface area contributed by atoms with E-state index in [-0.39, 0.29) is 6.54 Å². The Hall–Kier alpha value is -4.41. The number of halogens is 3. The Morgan fingerprint density at radius 3 is 2.34 bits per heavy atom. The van der Waals surface area contributed by atoms with Gasteiger partial charge in [0.2, 0.25) is 11.8 Å². The number of likely N-dealkylation sites (N-methyl/N-ethyl adjacent to an activating group) is 1. The first-order valence-corrected chi connectivity index (χ1v) is 11.8. The van der Waals surface area contributed by atoms with Crippen LogP contribution in [0.25, 0.3) is 10.8 Å². The molecule has 0 spiro atoms. The number of amides is 5. The number of nitrogens with one attached hydrogen (secondary N) is 2. The molecule has 1 saturated heterocycles. The number of imide groups is 1. The van der Waals surface area contributed by atoms with Crippen LogP contribution in [0.2, 0.25) is 0 Å². The molecule has 8 nitrogen and oxygen atoms in total. The van der Waals surface area contributed by atoms with Crippen molar-refractivity contribution in [2.75, 3.05) is 25.0 Å². The van der Waals surface area contributed by atoms with E-state index in [1.165, 1.54) is 12.1 Å². The van der Waals surface area contributed by atoms with Crippen molar-refractivity contribution < 1.29 is 32.3 Å². The fourth-order valence-electron chi connectivity index (χ4n) is 4.35. The van der Waals surface area contributed by atoms with Gasteiger partial charge in [0.25, 0.3) is 5.91 Å². The summed E-state index contributed by atoms with van der Waals surface area (Å²) in [6.07, 6.45) is -4.68. The zero-order chi connectivity index (χ0) is 27.7. The van der Waals surface area contributed by atoms with Crippen molar-refractivity contribution in [3.8, 4) is 0 Å². The van der Waals surface area contributed by atoms with E-state index in [0.29, 0.717) is 5.56 Å². The van der Waals surface area contributed by atoms with Gasteiger partial charge in [0.15, 0.2) is 0 Å². The number of carbonyl (C=O) groups is 4. The smallest absolute Gasteiger partial charge is 0.332 e. The lowest BCUT2D eigenvalue weighted by Crippen LogP contribution is -2.46. The van der Waals surface area contributed by atoms with Gasteiger partial charge >= 0.3 is 12.2 Å². The Labute approximate surface area is 216 Å². The number of carbonyl (C=O) groups excluding carboxylic acids is 4. The molecule has 11 heteroatoms. The maximum Gasteiger partial charge on any atom is 0.418 e. The Morgan fingerprint density at radius 2 is 1.66 bits per heavy atom. The normalized spacial score (nSPS) is 17.4. The van der Waals surface area contributed by atoms with Crippen LogP contribution >= 0.6 is 0 Å². The van der Waals surface area contributed by atoms with Crippen LogP contribution < -0.4 is 10.6 Å². The highest BCUT2D eigenvalue weighted by Crippen LogP contribution is 2.34. The lowest BCUT2D eigenvalue weighted by molar-refractivity contribution is -0.140. The first kappa shape index (κ1) is 26.6. The van der Waals surface area contributed by atoms with E-state index in [1.807, 2.05) is 30.3 Å². The van der Waals surface area contributed by atoms with E-state index in [0.717, 1.165) is 32.7 Å². The second-order valence-electron chi connectivity index (χ2n) is 9.01. The van der Waals surface area contributed by atoms with E-state index in [1.54, 1.807) is 26.0 Å². The molecule has 1 aliphatic rings. The zero-order valence-corrected chi connectivity index (χ0v) is 20.6. The summed E-state index contributed by atoms with van der Waals surface area (Å²) in [6.45, 7) is 1.95. The molecular formula is C27H25F3N4O4. The maximum atomic E-state index is 13.3. The van der Waals surface area contributed by atoms with Gasteiger partial charge in [-0.2, -0.15) is 13.2 Å². The molecule has 0 bridgehead atoms. The van der Waals surface area contributed by atoms with Crippen molar-refractivity contribution in [3.63, 3.8) is 0 Å². The average molecular weight is 527 g/mol. The van der Waals surface area contributed by atoms with Crippen molar-refractivity contribution in [2.45, 2.75) is 25.6 Å². The molecule has 0 unspecified atom stereocenters. The Kier molecular flexibility index (Phi) is 7.12. The van der Waals surface area contributed by atoms with Crippen LogP contribution in [0.4, 0.5) is 23.7 Å². The van der Waals surface area contributed by atoms with E-state index in [2.05, 4.69) is 10.6 Å². The van der Waals surface area contributed by atoms with Crippen molar-refractivity contribution in [1.29, 1.82) is 0 Å². The Bertz CT molecular complexity index is 1420. The molecule has 0 aromatic heterocycles. The number of nitrogens with zero attached hydrogens (tertiary/aromatic N) is 2. The monoisotopic (exact) mass is 526 g/mol. The van der Waals surface area contributed by atoms with E-state index in [4.69, 9.17) is 0 Å². The number of alkyl halides is 3. The van der Waals surface area contributed by atoms with Gasteiger partial charge in [-0.05, 0) is 48.4 Å². The molecular weight excluding hydrogens is 501 g/mol. The Morgan fingerprint density at radius 1 is 1.00 bits per heavy atom. The molecule has 0 radical (unpaired) electrons. The van der Waals surface area contributed by atoms with E-state index >= 15 is 0 Å². The Balaban J connectivity index is 1.45. The van der Waals surface area contributed by atoms with Crippen molar-refractivity contribution >= 4 is 40.2 Å². The fraction of sp³-hybridized carbons (Fsp3) is 0.259. The second-order valence-corrected chi connectivity index (χ2v) is 9.01. The third-order valence-corrected chi connectivity index (χ3v) is 6.47. The third-order valence-electron chi connectivity index (χ3n) is 6.47. The zero-order valence-electron chi connectivity index (χ0n) is 20.6. The number of rotatable bonds is 7. The molecule has 1 aliphatic heterocycles. The number of anilines is 1. The van der Waals surface area contributed by atoms with Crippen molar-refractivity contribution in [2.24, 2.45) is 0 Å².